The van der Waals surface area contributed by atoms with Crippen LogP contribution in [0, 0.1) is 0 Å². The molecule has 0 saturated heterocycles. The lowest BCUT2D eigenvalue weighted by Gasteiger charge is -2.29. The quantitative estimate of drug-likeness (QED) is 0.484. The van der Waals surface area contributed by atoms with E-state index in [0.717, 1.165) is 36.8 Å². The first kappa shape index (κ1) is 20.1. The first-order chi connectivity index (χ1) is 15.5. The number of benzene rings is 1. The van der Waals surface area contributed by atoms with Crippen LogP contribution in [-0.4, -0.2) is 37.3 Å². The van der Waals surface area contributed by atoms with Crippen LogP contribution < -0.4 is 10.9 Å². The number of rotatable bonds is 4. The first-order valence-corrected chi connectivity index (χ1v) is 10.8. The fourth-order valence-electron chi connectivity index (χ4n) is 4.59. The number of ketones is 1. The molecular weight excluding hydrogens is 406 g/mol. The summed E-state index contributed by atoms with van der Waals surface area (Å²) in [4.78, 5) is 40.8. The number of nitrogens with one attached hydrogen (secondary N) is 2. The summed E-state index contributed by atoms with van der Waals surface area (Å²) in [6, 6.07) is 11.0. The molecule has 2 N–H and O–H groups in total. The molecule has 0 unspecified atom stereocenters. The van der Waals surface area contributed by atoms with Crippen LogP contribution in [0.4, 0.5) is 0 Å². The first-order valence-electron chi connectivity index (χ1n) is 10.8. The Morgan fingerprint density at radius 2 is 1.84 bits per heavy atom. The summed E-state index contributed by atoms with van der Waals surface area (Å²) in [5, 5.41) is 11.7. The lowest BCUT2D eigenvalue weighted by Crippen LogP contribution is -2.38. The normalized spacial score (nSPS) is 18.7. The second-order valence-electron chi connectivity index (χ2n) is 8.35. The minimum Gasteiger partial charge on any atom is -0.348 e. The van der Waals surface area contributed by atoms with Gasteiger partial charge in [-0.15, -0.1) is 0 Å². The van der Waals surface area contributed by atoms with Crippen molar-refractivity contribution in [2.24, 2.45) is 0 Å². The van der Waals surface area contributed by atoms with E-state index < -0.39 is 0 Å². The summed E-state index contributed by atoms with van der Waals surface area (Å²) in [7, 11) is 0. The molecule has 0 radical (unpaired) electrons. The van der Waals surface area contributed by atoms with Gasteiger partial charge in [-0.1, -0.05) is 18.2 Å². The van der Waals surface area contributed by atoms with Gasteiger partial charge in [0.25, 0.3) is 11.5 Å². The third kappa shape index (κ3) is 3.57. The number of hydrogen-bond donors (Lipinski definition) is 2. The van der Waals surface area contributed by atoms with E-state index in [1.54, 1.807) is 22.7 Å². The molecule has 1 aromatic carbocycles. The van der Waals surface area contributed by atoms with Crippen molar-refractivity contribution < 1.29 is 9.59 Å². The number of aromatic amines is 1. The van der Waals surface area contributed by atoms with Crippen molar-refractivity contribution >= 4 is 28.1 Å². The highest BCUT2D eigenvalue weighted by molar-refractivity contribution is 5.96. The Kier molecular flexibility index (Phi) is 5.05. The van der Waals surface area contributed by atoms with Gasteiger partial charge in [0.2, 0.25) is 0 Å². The van der Waals surface area contributed by atoms with E-state index in [-0.39, 0.29) is 29.2 Å². The number of aromatic nitrogens is 4. The van der Waals surface area contributed by atoms with Crippen molar-refractivity contribution in [3.63, 3.8) is 0 Å². The lowest BCUT2D eigenvalue weighted by molar-refractivity contribution is 0.0919. The van der Waals surface area contributed by atoms with Gasteiger partial charge in [-0.2, -0.15) is 5.10 Å². The number of fused-ring (bicyclic) bond motifs is 2. The topological polar surface area (TPSA) is 109 Å². The minimum absolute atomic E-state index is 0.0389. The van der Waals surface area contributed by atoms with E-state index in [2.05, 4.69) is 20.5 Å². The molecule has 1 saturated carbocycles. The second kappa shape index (κ2) is 8.03. The molecule has 4 aromatic rings. The predicted octanol–water partition coefficient (Wildman–Crippen LogP) is 3.23. The largest absolute Gasteiger partial charge is 0.348 e. The van der Waals surface area contributed by atoms with Crippen molar-refractivity contribution in [3.8, 4) is 0 Å². The number of pyridine rings is 1. The maximum absolute atomic E-state index is 12.9. The van der Waals surface area contributed by atoms with E-state index >= 15 is 0 Å². The Bertz CT molecular complexity index is 1400. The molecule has 3 aromatic heterocycles. The zero-order valence-corrected chi connectivity index (χ0v) is 17.7. The molecule has 0 aliphatic heterocycles. The summed E-state index contributed by atoms with van der Waals surface area (Å²) >= 11 is 0. The Labute approximate surface area is 183 Å². The highest BCUT2D eigenvalue weighted by Gasteiger charge is 2.27. The molecule has 162 valence electrons. The van der Waals surface area contributed by atoms with Crippen molar-refractivity contribution in [1.29, 1.82) is 0 Å². The van der Waals surface area contributed by atoms with Gasteiger partial charge < -0.3 is 5.32 Å². The maximum Gasteiger partial charge on any atom is 0.272 e. The molecule has 1 amide bonds. The van der Waals surface area contributed by atoms with Crippen LogP contribution >= 0.6 is 0 Å². The van der Waals surface area contributed by atoms with Gasteiger partial charge in [-0.25, -0.2) is 10.1 Å². The van der Waals surface area contributed by atoms with Crippen LogP contribution in [0.1, 0.15) is 65.1 Å². The molecule has 8 heteroatoms. The molecule has 0 spiro atoms. The van der Waals surface area contributed by atoms with Crippen LogP contribution in [0.2, 0.25) is 0 Å². The smallest absolute Gasteiger partial charge is 0.272 e. The van der Waals surface area contributed by atoms with Crippen molar-refractivity contribution in [3.05, 3.63) is 76.1 Å². The fraction of sp³-hybridized carbons (Fsp3) is 0.292. The Morgan fingerprint density at radius 3 is 2.59 bits per heavy atom. The van der Waals surface area contributed by atoms with E-state index in [1.807, 2.05) is 24.3 Å². The summed E-state index contributed by atoms with van der Waals surface area (Å²) in [6.45, 7) is 1.50. The van der Waals surface area contributed by atoms with Crippen LogP contribution in [-0.2, 0) is 0 Å². The Hall–Kier alpha value is -3.81. The average molecular weight is 429 g/mol. The fourth-order valence-corrected chi connectivity index (χ4v) is 4.59. The highest BCUT2D eigenvalue weighted by atomic mass is 16.2. The number of imidazole rings is 1. The van der Waals surface area contributed by atoms with Gasteiger partial charge in [0.05, 0.1) is 17.3 Å². The molecule has 0 atom stereocenters. The number of Topliss-reactive ketones (excluding diaryl/α,β-unsaturated/α-hetero) is 1. The molecule has 1 fully saturated rings. The van der Waals surface area contributed by atoms with Gasteiger partial charge in [-0.05, 0) is 50.8 Å². The maximum atomic E-state index is 12.9. The highest BCUT2D eigenvalue weighted by Crippen LogP contribution is 2.34. The van der Waals surface area contributed by atoms with Gasteiger partial charge >= 0.3 is 0 Å². The molecule has 1 aliphatic carbocycles. The van der Waals surface area contributed by atoms with Gasteiger partial charge in [0, 0.05) is 29.1 Å². The third-order valence-electron chi connectivity index (χ3n) is 6.33. The van der Waals surface area contributed by atoms with Gasteiger partial charge in [0.1, 0.15) is 11.3 Å². The summed E-state index contributed by atoms with van der Waals surface area (Å²) in [6.07, 6.45) is 6.66. The van der Waals surface area contributed by atoms with Crippen molar-refractivity contribution in [2.45, 2.75) is 44.6 Å². The third-order valence-corrected chi connectivity index (χ3v) is 6.33. The van der Waals surface area contributed by atoms with E-state index in [9.17, 15) is 14.4 Å². The number of nitrogens with zero attached hydrogens (tertiary/aromatic N) is 3. The monoisotopic (exact) mass is 429 g/mol. The number of carbonyl (C=O) groups is 2. The molecule has 0 bridgehead atoms. The number of carbonyl (C=O) groups excluding carboxylic acids is 2. The zero-order chi connectivity index (χ0) is 22.2. The second-order valence-corrected chi connectivity index (χ2v) is 8.35. The predicted molar refractivity (Wildman–Crippen MR) is 120 cm³/mol. The zero-order valence-electron chi connectivity index (χ0n) is 17.7. The van der Waals surface area contributed by atoms with Crippen LogP contribution in [0.5, 0.6) is 0 Å². The summed E-state index contributed by atoms with van der Waals surface area (Å²) < 4.78 is 1.70. The van der Waals surface area contributed by atoms with Crippen LogP contribution in [0.15, 0.2) is 53.6 Å². The Balaban J connectivity index is 1.28. The molecule has 8 nitrogen and oxygen atoms in total. The van der Waals surface area contributed by atoms with E-state index in [1.165, 1.54) is 13.1 Å². The van der Waals surface area contributed by atoms with Gasteiger partial charge in [-0.3, -0.25) is 18.8 Å². The van der Waals surface area contributed by atoms with E-state index in [4.69, 9.17) is 0 Å². The van der Waals surface area contributed by atoms with Gasteiger partial charge in [0.15, 0.2) is 5.78 Å². The SMILES string of the molecule is CC(=O)c1ccn2c(C(=O)NC3CCC(c4n[nH]c(=O)c5ccccc45)CC3)cnc2c1. The van der Waals surface area contributed by atoms with E-state index in [0.29, 0.717) is 22.3 Å². The molecular formula is C24H23N5O3. The van der Waals surface area contributed by atoms with Crippen molar-refractivity contribution in [1.82, 2.24) is 24.9 Å². The molecule has 5 rings (SSSR count). The molecule has 1 aliphatic rings. The number of H-pyrrole nitrogens is 1. The minimum atomic E-state index is -0.177. The lowest BCUT2D eigenvalue weighted by atomic mass is 9.82. The number of amides is 1. The Morgan fingerprint density at radius 1 is 1.09 bits per heavy atom. The van der Waals surface area contributed by atoms with Crippen LogP contribution in [0.25, 0.3) is 16.4 Å². The molecule has 3 heterocycles. The summed E-state index contributed by atoms with van der Waals surface area (Å²) in [5.41, 5.74) is 2.34. The average Bonchev–Trinajstić information content (AvgIpc) is 3.24. The van der Waals surface area contributed by atoms with Crippen molar-refractivity contribution in [2.75, 3.05) is 0 Å². The summed E-state index contributed by atoms with van der Waals surface area (Å²) in [5.74, 6) is 0.0258. The number of hydrogen-bond acceptors (Lipinski definition) is 5. The standard InChI is InChI=1S/C24H23N5O3/c1-14(30)16-10-11-29-20(13-25-21(29)12-16)24(32)26-17-8-6-15(7-9-17)22-18-4-2-3-5-19(18)23(31)28-27-22/h2-5,10-13,15,17H,6-9H2,1H3,(H,26,32)(H,28,31). The molecule has 32 heavy (non-hydrogen) atoms. The van der Waals surface area contributed by atoms with Crippen LogP contribution in [0.3, 0.4) is 0 Å².